The second-order valence-electron chi connectivity index (χ2n) is 4.75. The van der Waals surface area contributed by atoms with E-state index in [4.69, 9.17) is 4.74 Å². The molecular weight excluding hydrogens is 244 g/mol. The van der Waals surface area contributed by atoms with Gasteiger partial charge in [-0.1, -0.05) is 19.1 Å². The molecule has 0 aliphatic rings. The number of hydrogen-bond acceptors (Lipinski definition) is 5. The zero-order valence-corrected chi connectivity index (χ0v) is 11.6. The van der Waals surface area contributed by atoms with Gasteiger partial charge < -0.3 is 10.1 Å². The first kappa shape index (κ1) is 13.5. The third-order valence-corrected chi connectivity index (χ3v) is 2.53. The maximum absolute atomic E-state index is 5.49. The average molecular weight is 264 g/mol. The van der Waals surface area contributed by atoms with Gasteiger partial charge in [0.05, 0.1) is 12.2 Å². The lowest BCUT2D eigenvalue weighted by atomic mass is 10.3. The van der Waals surface area contributed by atoms with Crippen LogP contribution in [0.4, 0.5) is 0 Å². The van der Waals surface area contributed by atoms with Crippen molar-refractivity contribution in [3.8, 4) is 5.88 Å². The van der Waals surface area contributed by atoms with E-state index in [1.54, 1.807) is 4.68 Å². The number of nitrogens with zero attached hydrogens (tertiary/aromatic N) is 4. The summed E-state index contributed by atoms with van der Waals surface area (Å²) >= 11 is 0. The lowest BCUT2D eigenvalue weighted by Gasteiger charge is -2.04. The van der Waals surface area contributed by atoms with E-state index in [2.05, 4.69) is 39.7 Å². The molecule has 2 N–H and O–H groups in total. The van der Waals surface area contributed by atoms with Gasteiger partial charge in [-0.25, -0.2) is 4.68 Å². The number of ether oxygens (including phenoxy) is 1. The van der Waals surface area contributed by atoms with Gasteiger partial charge in [0.15, 0.2) is 0 Å². The normalized spacial score (nSPS) is 11.2. The third-order valence-electron chi connectivity index (χ3n) is 2.53. The summed E-state index contributed by atoms with van der Waals surface area (Å²) < 4.78 is 7.27. The van der Waals surface area contributed by atoms with E-state index in [0.29, 0.717) is 25.1 Å². The summed E-state index contributed by atoms with van der Waals surface area (Å²) in [5.41, 5.74) is 1.92. The number of rotatable bonds is 7. The van der Waals surface area contributed by atoms with E-state index < -0.39 is 0 Å². The Morgan fingerprint density at radius 2 is 2.32 bits per heavy atom. The fourth-order valence-electron chi connectivity index (χ4n) is 1.55. The largest absolute Gasteiger partial charge is 0.475 e. The zero-order chi connectivity index (χ0) is 13.7. The van der Waals surface area contributed by atoms with Crippen LogP contribution in [0.3, 0.4) is 0 Å². The number of nitrogens with one attached hydrogen (secondary N) is 2. The van der Waals surface area contributed by atoms with Crippen LogP contribution >= 0.6 is 0 Å². The molecule has 2 rings (SSSR count). The van der Waals surface area contributed by atoms with Crippen molar-refractivity contribution in [2.75, 3.05) is 6.61 Å². The molecule has 7 heteroatoms. The molecule has 2 aromatic rings. The van der Waals surface area contributed by atoms with Crippen molar-refractivity contribution < 1.29 is 4.74 Å². The molecule has 0 radical (unpaired) electrons. The van der Waals surface area contributed by atoms with Crippen LogP contribution in [0.25, 0.3) is 0 Å². The van der Waals surface area contributed by atoms with Gasteiger partial charge in [0.1, 0.15) is 6.61 Å². The van der Waals surface area contributed by atoms with E-state index in [9.17, 15) is 0 Å². The van der Waals surface area contributed by atoms with Crippen molar-refractivity contribution in [2.45, 2.75) is 39.9 Å². The van der Waals surface area contributed by atoms with Crippen LogP contribution in [0.2, 0.25) is 0 Å². The topological polar surface area (TPSA) is 80.7 Å². The maximum Gasteiger partial charge on any atom is 0.232 e. The van der Waals surface area contributed by atoms with Gasteiger partial charge in [0.2, 0.25) is 5.88 Å². The summed E-state index contributed by atoms with van der Waals surface area (Å²) in [6.07, 6.45) is 1.93. The van der Waals surface area contributed by atoms with Gasteiger partial charge in [-0.2, -0.15) is 0 Å². The molecular formula is C12H20N6O. The molecule has 0 bridgehead atoms. The SMILES string of the molecule is Cc1cc(OCCn2cc(CNC(C)C)nn2)n[nH]1. The van der Waals surface area contributed by atoms with E-state index >= 15 is 0 Å². The summed E-state index contributed by atoms with van der Waals surface area (Å²) in [7, 11) is 0. The van der Waals surface area contributed by atoms with E-state index in [1.165, 1.54) is 0 Å². The first-order valence-electron chi connectivity index (χ1n) is 6.40. The fourth-order valence-corrected chi connectivity index (χ4v) is 1.55. The van der Waals surface area contributed by atoms with Crippen molar-refractivity contribution in [3.63, 3.8) is 0 Å². The van der Waals surface area contributed by atoms with Crippen LogP contribution in [-0.4, -0.2) is 37.8 Å². The summed E-state index contributed by atoms with van der Waals surface area (Å²) in [5.74, 6) is 0.610. The maximum atomic E-state index is 5.49. The highest BCUT2D eigenvalue weighted by atomic mass is 16.5. The summed E-state index contributed by atoms with van der Waals surface area (Å²) in [6, 6.07) is 2.30. The van der Waals surface area contributed by atoms with Crippen molar-refractivity contribution in [1.29, 1.82) is 0 Å². The van der Waals surface area contributed by atoms with E-state index in [-0.39, 0.29) is 0 Å². The van der Waals surface area contributed by atoms with Crippen LogP contribution in [0.5, 0.6) is 5.88 Å². The highest BCUT2D eigenvalue weighted by Gasteiger charge is 2.03. The van der Waals surface area contributed by atoms with Crippen molar-refractivity contribution in [3.05, 3.63) is 23.7 Å². The molecule has 0 saturated carbocycles. The van der Waals surface area contributed by atoms with Gasteiger partial charge in [0, 0.05) is 30.5 Å². The van der Waals surface area contributed by atoms with Crippen molar-refractivity contribution >= 4 is 0 Å². The van der Waals surface area contributed by atoms with Gasteiger partial charge in [-0.15, -0.1) is 10.2 Å². The predicted octanol–water partition coefficient (Wildman–Crippen LogP) is 0.887. The fraction of sp³-hybridized carbons (Fsp3) is 0.583. The third kappa shape index (κ3) is 4.36. The average Bonchev–Trinajstić information content (AvgIpc) is 2.96. The summed E-state index contributed by atoms with van der Waals surface area (Å²) in [4.78, 5) is 0. The second-order valence-corrected chi connectivity index (χ2v) is 4.75. The molecule has 0 spiro atoms. The first-order valence-corrected chi connectivity index (χ1v) is 6.40. The molecule has 2 aromatic heterocycles. The van der Waals surface area contributed by atoms with Gasteiger partial charge in [-0.3, -0.25) is 5.10 Å². The Bertz CT molecular complexity index is 504. The van der Waals surface area contributed by atoms with Crippen LogP contribution in [0, 0.1) is 6.92 Å². The molecule has 0 aromatic carbocycles. The second kappa shape index (κ2) is 6.33. The van der Waals surface area contributed by atoms with Crippen molar-refractivity contribution in [2.24, 2.45) is 0 Å². The predicted molar refractivity (Wildman–Crippen MR) is 70.8 cm³/mol. The molecule has 7 nitrogen and oxygen atoms in total. The van der Waals surface area contributed by atoms with Crippen LogP contribution in [-0.2, 0) is 13.1 Å². The minimum Gasteiger partial charge on any atom is -0.475 e. The Kier molecular flexibility index (Phi) is 4.51. The minimum atomic E-state index is 0.441. The number of hydrogen-bond donors (Lipinski definition) is 2. The molecule has 0 saturated heterocycles. The van der Waals surface area contributed by atoms with Gasteiger partial charge in [-0.05, 0) is 6.92 Å². The molecule has 0 atom stereocenters. The van der Waals surface area contributed by atoms with Crippen LogP contribution in [0.15, 0.2) is 12.3 Å². The first-order chi connectivity index (χ1) is 9.13. The monoisotopic (exact) mass is 264 g/mol. The van der Waals surface area contributed by atoms with Gasteiger partial charge in [0.25, 0.3) is 0 Å². The quantitative estimate of drug-likeness (QED) is 0.776. The molecule has 2 heterocycles. The molecule has 104 valence electrons. The Balaban J connectivity index is 1.74. The Hall–Kier alpha value is -1.89. The number of H-pyrrole nitrogens is 1. The smallest absolute Gasteiger partial charge is 0.232 e. The van der Waals surface area contributed by atoms with Gasteiger partial charge >= 0.3 is 0 Å². The molecule has 0 fully saturated rings. The molecule has 19 heavy (non-hydrogen) atoms. The summed E-state index contributed by atoms with van der Waals surface area (Å²) in [6.45, 7) is 8.04. The molecule has 0 aliphatic heterocycles. The minimum absolute atomic E-state index is 0.441. The highest BCUT2D eigenvalue weighted by Crippen LogP contribution is 2.06. The Morgan fingerprint density at radius 3 is 3.00 bits per heavy atom. The van der Waals surface area contributed by atoms with Crippen LogP contribution < -0.4 is 10.1 Å². The number of aryl methyl sites for hydroxylation is 1. The molecule has 0 aliphatic carbocycles. The van der Waals surface area contributed by atoms with E-state index in [0.717, 1.165) is 17.9 Å². The Morgan fingerprint density at radius 1 is 1.47 bits per heavy atom. The Labute approximate surface area is 112 Å². The molecule has 0 amide bonds. The van der Waals surface area contributed by atoms with Crippen LogP contribution in [0.1, 0.15) is 25.2 Å². The standard InChI is InChI=1S/C12H20N6O/c1-9(2)13-7-11-8-18(17-15-11)4-5-19-12-6-10(3)14-16-12/h6,8-9,13H,4-5,7H2,1-3H3,(H,14,16). The van der Waals surface area contributed by atoms with E-state index in [1.807, 2.05) is 19.2 Å². The van der Waals surface area contributed by atoms with Crippen molar-refractivity contribution in [1.82, 2.24) is 30.5 Å². The number of aromatic amines is 1. The number of aromatic nitrogens is 5. The zero-order valence-electron chi connectivity index (χ0n) is 11.6. The highest BCUT2D eigenvalue weighted by molar-refractivity contribution is 5.12. The molecule has 0 unspecified atom stereocenters. The lowest BCUT2D eigenvalue weighted by Crippen LogP contribution is -2.21. The summed E-state index contributed by atoms with van der Waals surface area (Å²) in [5, 5.41) is 18.3. The lowest BCUT2D eigenvalue weighted by molar-refractivity contribution is 0.279.